The van der Waals surface area contributed by atoms with Crippen molar-refractivity contribution in [3.8, 4) is 11.4 Å². The van der Waals surface area contributed by atoms with Crippen molar-refractivity contribution >= 4 is 132 Å². The van der Waals surface area contributed by atoms with Gasteiger partial charge in [0.05, 0.1) is 22.1 Å². The average molecular weight is 1090 g/mol. The van der Waals surface area contributed by atoms with E-state index in [1.807, 2.05) is 0 Å². The first-order valence-electron chi connectivity index (χ1n) is 29.1. The van der Waals surface area contributed by atoms with Gasteiger partial charge in [0.15, 0.2) is 0 Å². The van der Waals surface area contributed by atoms with Crippen molar-refractivity contribution in [1.82, 2.24) is 9.13 Å². The van der Waals surface area contributed by atoms with Crippen LogP contribution in [-0.2, 0) is 10.8 Å². The smallest absolute Gasteiger partial charge is 0.137 e. The van der Waals surface area contributed by atoms with Gasteiger partial charge < -0.3 is 27.8 Å². The molecule has 0 saturated heterocycles. The summed E-state index contributed by atoms with van der Waals surface area (Å²) in [6.45, 7) is 13.6. The molecule has 0 aliphatic carbocycles. The number of benzene rings is 12. The molecule has 0 radical (unpaired) electrons. The van der Waals surface area contributed by atoms with E-state index in [0.29, 0.717) is 0 Å². The van der Waals surface area contributed by atoms with Crippen LogP contribution in [0.4, 0.5) is 34.1 Å². The molecular weight excluding hydrogens is 1020 g/mol. The van der Waals surface area contributed by atoms with Gasteiger partial charge >= 0.3 is 0 Å². The summed E-state index contributed by atoms with van der Waals surface area (Å²) < 4.78 is 18.6. The summed E-state index contributed by atoms with van der Waals surface area (Å²) in [6.07, 6.45) is 0. The van der Waals surface area contributed by atoms with Crippen LogP contribution < -0.4 is 9.80 Å². The predicted molar refractivity (Wildman–Crippen MR) is 354 cm³/mol. The molecule has 404 valence electrons. The summed E-state index contributed by atoms with van der Waals surface area (Å²) >= 11 is 0. The molecule has 0 aliphatic rings. The van der Waals surface area contributed by atoms with Crippen molar-refractivity contribution in [3.63, 3.8) is 0 Å². The Morgan fingerprint density at radius 3 is 0.988 bits per heavy atom. The lowest BCUT2D eigenvalue weighted by Crippen LogP contribution is -2.11. The number of furan rings is 2. The van der Waals surface area contributed by atoms with Crippen LogP contribution in [0.1, 0.15) is 52.7 Å². The van der Waals surface area contributed by atoms with Crippen LogP contribution in [-0.4, -0.2) is 9.13 Å². The maximum atomic E-state index is 6.88. The molecule has 12 aromatic carbocycles. The lowest BCUT2D eigenvalue weighted by Gasteiger charge is -2.25. The Bertz CT molecular complexity index is 4930. The quantitative estimate of drug-likeness (QED) is 0.152. The van der Waals surface area contributed by atoms with Gasteiger partial charge in [-0.3, -0.25) is 0 Å². The Morgan fingerprint density at radius 2 is 0.595 bits per heavy atom. The number of anilines is 6. The molecular formula is C78H60N4O2. The number of aromatic nitrogens is 2. The van der Waals surface area contributed by atoms with Crippen LogP contribution in [0.2, 0.25) is 0 Å². The molecule has 0 aliphatic heterocycles. The monoisotopic (exact) mass is 1080 g/mol. The van der Waals surface area contributed by atoms with Crippen LogP contribution in [0.15, 0.2) is 264 Å². The Kier molecular flexibility index (Phi) is 11.0. The highest BCUT2D eigenvalue weighted by molar-refractivity contribution is 6.17. The molecule has 6 heteroatoms. The Balaban J connectivity index is 0.776. The molecule has 4 aromatic heterocycles. The second kappa shape index (κ2) is 18.6. The van der Waals surface area contributed by atoms with Gasteiger partial charge in [-0.1, -0.05) is 151 Å². The Morgan fingerprint density at radius 1 is 0.262 bits per heavy atom. The van der Waals surface area contributed by atoms with Crippen LogP contribution in [0.5, 0.6) is 0 Å². The number of nitrogens with zero attached hydrogens (tertiary/aromatic N) is 4. The van der Waals surface area contributed by atoms with E-state index in [-0.39, 0.29) is 10.8 Å². The highest BCUT2D eigenvalue weighted by atomic mass is 16.3. The largest absolute Gasteiger partial charge is 0.456 e. The third-order valence-corrected chi connectivity index (χ3v) is 17.3. The van der Waals surface area contributed by atoms with Crippen molar-refractivity contribution in [2.24, 2.45) is 0 Å². The molecule has 0 atom stereocenters. The lowest BCUT2D eigenvalue weighted by atomic mass is 9.87. The fourth-order valence-electron chi connectivity index (χ4n) is 13.1. The predicted octanol–water partition coefficient (Wildman–Crippen LogP) is 22.4. The summed E-state index contributed by atoms with van der Waals surface area (Å²) in [6, 6.07) is 92.8. The Hall–Kier alpha value is -10.3. The third kappa shape index (κ3) is 8.00. The van der Waals surface area contributed by atoms with Gasteiger partial charge in [-0.15, -0.1) is 0 Å². The zero-order valence-electron chi connectivity index (χ0n) is 47.9. The summed E-state index contributed by atoms with van der Waals surface area (Å²) in [5.74, 6) is 0. The number of para-hydroxylation sites is 4. The third-order valence-electron chi connectivity index (χ3n) is 17.3. The summed E-state index contributed by atoms with van der Waals surface area (Å²) in [5.41, 5.74) is 19.3. The van der Waals surface area contributed by atoms with Crippen molar-refractivity contribution in [3.05, 3.63) is 266 Å². The topological polar surface area (TPSA) is 42.6 Å². The summed E-state index contributed by atoms with van der Waals surface area (Å²) in [4.78, 5) is 4.67. The number of hydrogen-bond donors (Lipinski definition) is 0. The van der Waals surface area contributed by atoms with E-state index in [4.69, 9.17) is 8.83 Å². The van der Waals surface area contributed by atoms with E-state index in [1.165, 1.54) is 43.7 Å². The SMILES string of the molecule is CC(C)(C)c1ccc(-n2c3ccccc3c3ccc(N(c4ccccc4)c4ccc5c(c4)oc4cc6cc7c(cc6cc45)oc4cc(N(c5ccccc5)c5ccc6c8ccccc8n(-c8ccc(C(C)(C)C)cc8)c6c5)ccc47)cc32)cc1. The zero-order chi connectivity index (χ0) is 56.6. The van der Waals surface area contributed by atoms with Crippen LogP contribution >= 0.6 is 0 Å². The molecule has 6 nitrogen and oxygen atoms in total. The molecule has 0 N–H and O–H groups in total. The van der Waals surface area contributed by atoms with Crippen molar-refractivity contribution < 1.29 is 8.83 Å². The van der Waals surface area contributed by atoms with E-state index in [1.54, 1.807) is 0 Å². The minimum absolute atomic E-state index is 0.0595. The van der Waals surface area contributed by atoms with Gasteiger partial charge in [0.1, 0.15) is 22.3 Å². The minimum Gasteiger partial charge on any atom is -0.456 e. The molecule has 84 heavy (non-hydrogen) atoms. The van der Waals surface area contributed by atoms with Crippen LogP contribution in [0.25, 0.3) is 110 Å². The fraction of sp³-hybridized carbons (Fsp3) is 0.103. The zero-order valence-corrected chi connectivity index (χ0v) is 47.9. The summed E-state index contributed by atoms with van der Waals surface area (Å²) in [5, 5.41) is 11.3. The van der Waals surface area contributed by atoms with E-state index in [9.17, 15) is 0 Å². The van der Waals surface area contributed by atoms with Gasteiger partial charge in [0, 0.05) is 101 Å². The molecule has 0 spiro atoms. The second-order valence-corrected chi connectivity index (χ2v) is 24.7. The maximum absolute atomic E-state index is 6.88. The second-order valence-electron chi connectivity index (χ2n) is 24.7. The van der Waals surface area contributed by atoms with Crippen molar-refractivity contribution in [2.75, 3.05) is 9.80 Å². The van der Waals surface area contributed by atoms with Crippen LogP contribution in [0.3, 0.4) is 0 Å². The van der Waals surface area contributed by atoms with Gasteiger partial charge in [-0.2, -0.15) is 0 Å². The molecule has 4 heterocycles. The normalized spacial score (nSPS) is 12.4. The maximum Gasteiger partial charge on any atom is 0.137 e. The highest BCUT2D eigenvalue weighted by Gasteiger charge is 2.23. The number of fused-ring (bicyclic) bond motifs is 13. The van der Waals surface area contributed by atoms with Crippen molar-refractivity contribution in [2.45, 2.75) is 52.4 Å². The van der Waals surface area contributed by atoms with E-state index in [2.05, 4.69) is 315 Å². The van der Waals surface area contributed by atoms with E-state index < -0.39 is 0 Å². The van der Waals surface area contributed by atoms with Gasteiger partial charge in [0.2, 0.25) is 0 Å². The first kappa shape index (κ1) is 49.5. The Labute approximate surface area is 487 Å². The minimum atomic E-state index is 0.0595. The lowest BCUT2D eigenvalue weighted by molar-refractivity contribution is 0.590. The molecule has 16 rings (SSSR count). The number of rotatable bonds is 8. The first-order chi connectivity index (χ1) is 40.9. The number of hydrogen-bond acceptors (Lipinski definition) is 4. The fourth-order valence-corrected chi connectivity index (χ4v) is 13.1. The van der Waals surface area contributed by atoms with Gasteiger partial charge in [-0.25, -0.2) is 0 Å². The molecule has 0 unspecified atom stereocenters. The van der Waals surface area contributed by atoms with Gasteiger partial charge in [-0.05, 0) is 166 Å². The van der Waals surface area contributed by atoms with Gasteiger partial charge in [0.25, 0.3) is 0 Å². The summed E-state index contributed by atoms with van der Waals surface area (Å²) in [7, 11) is 0. The first-order valence-corrected chi connectivity index (χ1v) is 29.1. The highest BCUT2D eigenvalue weighted by Crippen LogP contribution is 2.46. The van der Waals surface area contributed by atoms with Crippen LogP contribution in [0, 0.1) is 0 Å². The molecule has 0 amide bonds. The van der Waals surface area contributed by atoms with E-state index in [0.717, 1.165) is 111 Å². The van der Waals surface area contributed by atoms with Crippen molar-refractivity contribution in [1.29, 1.82) is 0 Å². The average Bonchev–Trinajstić information content (AvgIpc) is 3.97. The van der Waals surface area contributed by atoms with E-state index >= 15 is 0 Å². The molecule has 0 bridgehead atoms. The molecule has 0 fully saturated rings. The molecule has 0 saturated carbocycles. The molecule has 16 aromatic rings. The standard InChI is InChI=1S/C78H60N4O2/c1-77(2,3)51-25-29-55(30-26-51)81-69-23-15-13-21-61(69)63-37-33-57(45-71(63)81)79(53-17-9-7-10-18-53)59-35-39-65-67-41-49-44-74-68(42-50(49)43-73(67)83-75(65)47-59)66-40-36-60(48-76(66)84-74)80(54-19-11-8-12-20-54)58-34-38-64-62-22-14-16-24-70(62)82(72(64)46-58)56-31-27-52(28-32-56)78(4,5)6/h7-48H,1-6H3.